The van der Waals surface area contributed by atoms with Gasteiger partial charge in [-0.1, -0.05) is 37.2 Å². The minimum atomic E-state index is -0.0591. The normalized spacial score (nSPS) is 14.8. The van der Waals surface area contributed by atoms with Crippen molar-refractivity contribution in [2.45, 2.75) is 33.1 Å². The number of benzene rings is 1. The summed E-state index contributed by atoms with van der Waals surface area (Å²) in [7, 11) is 0. The molecule has 0 atom stereocenters. The van der Waals surface area contributed by atoms with Crippen LogP contribution >= 0.6 is 0 Å². The summed E-state index contributed by atoms with van der Waals surface area (Å²) in [5.74, 6) is 0.751. The summed E-state index contributed by atoms with van der Waals surface area (Å²) in [6, 6.07) is 7.99. The molecule has 1 N–H and O–H groups in total. The minimum absolute atomic E-state index is 0.0591. The second-order valence-electron chi connectivity index (χ2n) is 7.87. The Hall–Kier alpha value is -3.09. The van der Waals surface area contributed by atoms with Gasteiger partial charge in [0.15, 0.2) is 5.76 Å². The van der Waals surface area contributed by atoms with Crippen molar-refractivity contribution in [3.05, 3.63) is 53.0 Å². The zero-order valence-electron chi connectivity index (χ0n) is 17.1. The third-order valence-electron chi connectivity index (χ3n) is 5.56. The molecule has 2 amide bonds. The number of nitrogens with zero attached hydrogens (tertiary/aromatic N) is 3. The number of amides is 2. The lowest BCUT2D eigenvalue weighted by atomic mass is 10.0. The number of para-hydroxylation sites is 1. The molecule has 3 aromatic rings. The molecule has 2 aromatic heterocycles. The Bertz CT molecular complexity index is 1040. The number of aryl methyl sites for hydroxylation is 1. The van der Waals surface area contributed by atoms with E-state index in [0.29, 0.717) is 49.6 Å². The molecule has 1 saturated heterocycles. The molecule has 1 fully saturated rings. The number of H-pyrrole nitrogens is 1. The van der Waals surface area contributed by atoms with Crippen LogP contribution in [-0.4, -0.2) is 57.9 Å². The number of aromatic amines is 1. The van der Waals surface area contributed by atoms with E-state index in [1.54, 1.807) is 11.8 Å². The van der Waals surface area contributed by atoms with Gasteiger partial charge in [-0.15, -0.1) is 0 Å². The summed E-state index contributed by atoms with van der Waals surface area (Å²) in [6.45, 7) is 7.86. The van der Waals surface area contributed by atoms with Gasteiger partial charge >= 0.3 is 0 Å². The van der Waals surface area contributed by atoms with Crippen molar-refractivity contribution in [2.24, 2.45) is 0 Å². The highest BCUT2D eigenvalue weighted by atomic mass is 16.5. The standard InChI is InChI=1S/C22H26N4O3/c1-14(2)21-20(15(3)24-29-21)22(28)26-10-8-25(9-11-26)19(27)12-16-13-23-18-7-5-4-6-17(16)18/h4-7,13-14,23H,8-12H2,1-3H3. The summed E-state index contributed by atoms with van der Waals surface area (Å²) < 4.78 is 5.36. The van der Waals surface area contributed by atoms with E-state index in [9.17, 15) is 9.59 Å². The average molecular weight is 394 g/mol. The topological polar surface area (TPSA) is 82.4 Å². The fraction of sp³-hybridized carbons (Fsp3) is 0.409. The molecule has 1 aliphatic heterocycles. The molecular weight excluding hydrogens is 368 g/mol. The second kappa shape index (κ2) is 7.73. The van der Waals surface area contributed by atoms with Crippen molar-refractivity contribution in [3.8, 4) is 0 Å². The van der Waals surface area contributed by atoms with Gasteiger partial charge in [-0.3, -0.25) is 9.59 Å². The number of fused-ring (bicyclic) bond motifs is 1. The van der Waals surface area contributed by atoms with Gasteiger partial charge in [0, 0.05) is 49.2 Å². The summed E-state index contributed by atoms with van der Waals surface area (Å²) in [5, 5.41) is 5.06. The minimum Gasteiger partial charge on any atom is -0.361 e. The second-order valence-corrected chi connectivity index (χ2v) is 7.87. The highest BCUT2D eigenvalue weighted by molar-refractivity contribution is 5.96. The first-order valence-corrected chi connectivity index (χ1v) is 10.0. The monoisotopic (exact) mass is 394 g/mol. The van der Waals surface area contributed by atoms with E-state index in [4.69, 9.17) is 4.52 Å². The first kappa shape index (κ1) is 19.2. The molecule has 7 nitrogen and oxygen atoms in total. The van der Waals surface area contributed by atoms with Crippen LogP contribution in [0.25, 0.3) is 10.9 Å². The molecule has 1 aromatic carbocycles. The zero-order valence-corrected chi connectivity index (χ0v) is 17.1. The third kappa shape index (κ3) is 3.64. The van der Waals surface area contributed by atoms with Crippen LogP contribution in [0.2, 0.25) is 0 Å². The Morgan fingerprint density at radius 2 is 1.83 bits per heavy atom. The fourth-order valence-electron chi connectivity index (χ4n) is 3.91. The lowest BCUT2D eigenvalue weighted by Crippen LogP contribution is -2.51. The highest BCUT2D eigenvalue weighted by Crippen LogP contribution is 2.24. The molecule has 0 radical (unpaired) electrons. The van der Waals surface area contributed by atoms with Crippen LogP contribution < -0.4 is 0 Å². The SMILES string of the molecule is Cc1noc(C(C)C)c1C(=O)N1CCN(C(=O)Cc2c[nH]c3ccccc23)CC1. The number of carbonyl (C=O) groups excluding carboxylic acids is 2. The van der Waals surface area contributed by atoms with Gasteiger partial charge in [-0.25, -0.2) is 0 Å². The van der Waals surface area contributed by atoms with Gasteiger partial charge in [0.05, 0.1) is 12.1 Å². The number of aromatic nitrogens is 2. The van der Waals surface area contributed by atoms with E-state index in [0.717, 1.165) is 16.5 Å². The highest BCUT2D eigenvalue weighted by Gasteiger charge is 2.30. The summed E-state index contributed by atoms with van der Waals surface area (Å²) in [4.78, 5) is 32.7. The van der Waals surface area contributed by atoms with E-state index in [1.807, 2.05) is 49.2 Å². The number of carbonyl (C=O) groups is 2. The van der Waals surface area contributed by atoms with Gasteiger partial charge < -0.3 is 19.3 Å². The van der Waals surface area contributed by atoms with E-state index < -0.39 is 0 Å². The molecule has 0 unspecified atom stereocenters. The Balaban J connectivity index is 1.40. The quantitative estimate of drug-likeness (QED) is 0.737. The molecule has 7 heteroatoms. The first-order valence-electron chi connectivity index (χ1n) is 10.0. The van der Waals surface area contributed by atoms with Gasteiger partial charge in [0.1, 0.15) is 5.56 Å². The maximum atomic E-state index is 13.0. The molecule has 0 aliphatic carbocycles. The van der Waals surface area contributed by atoms with Crippen LogP contribution in [0.5, 0.6) is 0 Å². The van der Waals surface area contributed by atoms with Crippen molar-refractivity contribution in [3.63, 3.8) is 0 Å². The summed E-state index contributed by atoms with van der Waals surface area (Å²) >= 11 is 0. The summed E-state index contributed by atoms with van der Waals surface area (Å²) in [6.07, 6.45) is 2.27. The first-order chi connectivity index (χ1) is 14.0. The van der Waals surface area contributed by atoms with Crippen LogP contribution in [0.4, 0.5) is 0 Å². The predicted molar refractivity (Wildman–Crippen MR) is 110 cm³/mol. The van der Waals surface area contributed by atoms with Gasteiger partial charge in [-0.05, 0) is 18.6 Å². The number of hydrogen-bond acceptors (Lipinski definition) is 4. The van der Waals surface area contributed by atoms with Crippen molar-refractivity contribution in [1.29, 1.82) is 0 Å². The lowest BCUT2D eigenvalue weighted by molar-refractivity contribution is -0.131. The zero-order chi connectivity index (χ0) is 20.5. The maximum absolute atomic E-state index is 13.0. The molecule has 1 aliphatic rings. The van der Waals surface area contributed by atoms with Crippen LogP contribution in [0, 0.1) is 6.92 Å². The molecule has 0 saturated carbocycles. The molecule has 3 heterocycles. The molecule has 152 valence electrons. The van der Waals surface area contributed by atoms with Gasteiger partial charge in [0.25, 0.3) is 5.91 Å². The molecule has 29 heavy (non-hydrogen) atoms. The largest absolute Gasteiger partial charge is 0.361 e. The van der Waals surface area contributed by atoms with Gasteiger partial charge in [0.2, 0.25) is 5.91 Å². The number of rotatable bonds is 4. The molecule has 0 bridgehead atoms. The molecule has 4 rings (SSSR count). The van der Waals surface area contributed by atoms with Crippen molar-refractivity contribution < 1.29 is 14.1 Å². The Morgan fingerprint density at radius 3 is 2.55 bits per heavy atom. The average Bonchev–Trinajstić information content (AvgIpc) is 3.31. The molecule has 0 spiro atoms. The number of piperazine rings is 1. The number of hydrogen-bond donors (Lipinski definition) is 1. The van der Waals surface area contributed by atoms with E-state index >= 15 is 0 Å². The van der Waals surface area contributed by atoms with Crippen LogP contribution in [0.15, 0.2) is 35.0 Å². The Morgan fingerprint density at radius 1 is 1.14 bits per heavy atom. The Labute approximate surface area is 169 Å². The predicted octanol–water partition coefficient (Wildman–Crippen LogP) is 3.11. The third-order valence-corrected chi connectivity index (χ3v) is 5.56. The van der Waals surface area contributed by atoms with Crippen molar-refractivity contribution in [2.75, 3.05) is 26.2 Å². The smallest absolute Gasteiger partial charge is 0.259 e. The van der Waals surface area contributed by atoms with Crippen molar-refractivity contribution >= 4 is 22.7 Å². The van der Waals surface area contributed by atoms with Crippen LogP contribution in [0.3, 0.4) is 0 Å². The fourth-order valence-corrected chi connectivity index (χ4v) is 3.91. The van der Waals surface area contributed by atoms with Crippen molar-refractivity contribution in [1.82, 2.24) is 19.9 Å². The summed E-state index contributed by atoms with van der Waals surface area (Å²) in [5.41, 5.74) is 3.23. The van der Waals surface area contributed by atoms with E-state index in [1.165, 1.54) is 0 Å². The van der Waals surface area contributed by atoms with Gasteiger partial charge in [-0.2, -0.15) is 0 Å². The van der Waals surface area contributed by atoms with E-state index in [-0.39, 0.29) is 17.7 Å². The van der Waals surface area contributed by atoms with Crippen LogP contribution in [-0.2, 0) is 11.2 Å². The van der Waals surface area contributed by atoms with E-state index in [2.05, 4.69) is 10.1 Å². The molecular formula is C22H26N4O3. The van der Waals surface area contributed by atoms with Crippen LogP contribution in [0.1, 0.15) is 47.1 Å². The maximum Gasteiger partial charge on any atom is 0.259 e. The lowest BCUT2D eigenvalue weighted by Gasteiger charge is -2.35. The Kier molecular flexibility index (Phi) is 5.13. The number of nitrogens with one attached hydrogen (secondary N) is 1.